The molecule has 0 spiro atoms. The summed E-state index contributed by atoms with van der Waals surface area (Å²) in [4.78, 5) is 12.4. The fourth-order valence-electron chi connectivity index (χ4n) is 3.05. The number of hydrazone groups is 1. The monoisotopic (exact) mass is 366 g/mol. The highest BCUT2D eigenvalue weighted by atomic mass is 16.5. The van der Waals surface area contributed by atoms with Gasteiger partial charge in [-0.1, -0.05) is 43.3 Å². The van der Waals surface area contributed by atoms with Crippen molar-refractivity contribution in [1.29, 1.82) is 0 Å². The van der Waals surface area contributed by atoms with Gasteiger partial charge < -0.3 is 4.74 Å². The van der Waals surface area contributed by atoms with Crippen molar-refractivity contribution in [1.82, 2.24) is 16.3 Å². The summed E-state index contributed by atoms with van der Waals surface area (Å²) in [6.07, 6.45) is 3.29. The van der Waals surface area contributed by atoms with Crippen LogP contribution in [0.5, 0.6) is 5.75 Å². The number of ether oxygens (including phenoxy) is 1. The Hall–Kier alpha value is -2.70. The average molecular weight is 366 g/mol. The lowest BCUT2D eigenvalue weighted by Gasteiger charge is -2.10. The predicted molar refractivity (Wildman–Crippen MR) is 107 cm³/mol. The van der Waals surface area contributed by atoms with Crippen LogP contribution in [0.3, 0.4) is 0 Å². The molecule has 3 rings (SSSR count). The SMILES string of the molecule is CCOc1ccccc1/C=N/NC(=O)C1CC(c2ccc(CC)cc2)NN1. The first-order valence-corrected chi connectivity index (χ1v) is 9.36. The number of benzene rings is 2. The second-order valence-electron chi connectivity index (χ2n) is 6.43. The van der Waals surface area contributed by atoms with E-state index >= 15 is 0 Å². The van der Waals surface area contributed by atoms with E-state index in [4.69, 9.17) is 4.74 Å². The third kappa shape index (κ3) is 4.93. The summed E-state index contributed by atoms with van der Waals surface area (Å²) >= 11 is 0. The van der Waals surface area contributed by atoms with Gasteiger partial charge in [0.25, 0.3) is 5.91 Å². The second-order valence-corrected chi connectivity index (χ2v) is 6.43. The van der Waals surface area contributed by atoms with Crippen molar-refractivity contribution in [3.63, 3.8) is 0 Å². The molecule has 0 saturated carbocycles. The molecule has 1 aliphatic rings. The summed E-state index contributed by atoms with van der Waals surface area (Å²) in [7, 11) is 0. The van der Waals surface area contributed by atoms with Crippen LogP contribution >= 0.6 is 0 Å². The van der Waals surface area contributed by atoms with Gasteiger partial charge >= 0.3 is 0 Å². The Morgan fingerprint density at radius 1 is 1.19 bits per heavy atom. The zero-order chi connectivity index (χ0) is 19.1. The fraction of sp³-hybridized carbons (Fsp3) is 0.333. The minimum Gasteiger partial charge on any atom is -0.493 e. The smallest absolute Gasteiger partial charge is 0.258 e. The minimum atomic E-state index is -0.333. The molecule has 0 bridgehead atoms. The second kappa shape index (κ2) is 9.30. The zero-order valence-corrected chi connectivity index (χ0v) is 15.7. The Balaban J connectivity index is 1.54. The number of rotatable bonds is 7. The number of carbonyl (C=O) groups excluding carboxylic acids is 1. The molecule has 3 N–H and O–H groups in total. The molecule has 2 aromatic carbocycles. The number of nitrogens with zero attached hydrogens (tertiary/aromatic N) is 1. The topological polar surface area (TPSA) is 74.8 Å². The molecule has 1 fully saturated rings. The number of nitrogens with one attached hydrogen (secondary N) is 3. The zero-order valence-electron chi connectivity index (χ0n) is 15.7. The van der Waals surface area contributed by atoms with Gasteiger partial charge in [0, 0.05) is 11.6 Å². The van der Waals surface area contributed by atoms with Gasteiger partial charge in [-0.25, -0.2) is 16.3 Å². The van der Waals surface area contributed by atoms with Gasteiger partial charge in [-0.3, -0.25) is 4.79 Å². The van der Waals surface area contributed by atoms with Crippen molar-refractivity contribution in [3.8, 4) is 5.75 Å². The van der Waals surface area contributed by atoms with Crippen molar-refractivity contribution in [2.24, 2.45) is 5.10 Å². The maximum atomic E-state index is 12.4. The summed E-state index contributed by atoms with van der Waals surface area (Å²) in [5.41, 5.74) is 12.2. The standard InChI is InChI=1S/C21H26N4O2/c1-3-15-9-11-16(12-10-15)18-13-19(24-23-18)21(26)25-22-14-17-7-5-6-8-20(17)27-4-2/h5-12,14,18-19,23-24H,3-4,13H2,1-2H3,(H,25,26)/b22-14+. The Bertz CT molecular complexity index is 789. The number of aryl methyl sites for hydroxylation is 1. The van der Waals surface area contributed by atoms with Crippen LogP contribution in [0.15, 0.2) is 53.6 Å². The highest BCUT2D eigenvalue weighted by Gasteiger charge is 2.29. The van der Waals surface area contributed by atoms with E-state index in [1.165, 1.54) is 11.1 Å². The van der Waals surface area contributed by atoms with Crippen molar-refractivity contribution in [2.45, 2.75) is 38.8 Å². The molecule has 0 aromatic heterocycles. The first-order valence-electron chi connectivity index (χ1n) is 9.36. The molecule has 6 nitrogen and oxygen atoms in total. The Kier molecular flexibility index (Phi) is 6.57. The molecule has 1 saturated heterocycles. The van der Waals surface area contributed by atoms with Gasteiger partial charge in [0.1, 0.15) is 11.8 Å². The largest absolute Gasteiger partial charge is 0.493 e. The van der Waals surface area contributed by atoms with E-state index in [-0.39, 0.29) is 18.0 Å². The lowest BCUT2D eigenvalue weighted by atomic mass is 10.00. The number of carbonyl (C=O) groups is 1. The van der Waals surface area contributed by atoms with Crippen LogP contribution < -0.4 is 21.0 Å². The summed E-state index contributed by atoms with van der Waals surface area (Å²) in [5.74, 6) is 0.578. The van der Waals surface area contributed by atoms with Gasteiger partial charge in [0.05, 0.1) is 12.8 Å². The van der Waals surface area contributed by atoms with Crippen LogP contribution in [0.2, 0.25) is 0 Å². The van der Waals surface area contributed by atoms with Crippen LogP contribution in [-0.4, -0.2) is 24.8 Å². The Morgan fingerprint density at radius 3 is 2.70 bits per heavy atom. The van der Waals surface area contributed by atoms with Crippen molar-refractivity contribution >= 4 is 12.1 Å². The number of amides is 1. The summed E-state index contributed by atoms with van der Waals surface area (Å²) in [5, 5.41) is 4.08. The van der Waals surface area contributed by atoms with Crippen LogP contribution in [-0.2, 0) is 11.2 Å². The maximum Gasteiger partial charge on any atom is 0.258 e. The summed E-state index contributed by atoms with van der Waals surface area (Å²) in [6, 6.07) is 15.8. The molecule has 2 unspecified atom stereocenters. The van der Waals surface area contributed by atoms with Crippen molar-refractivity contribution in [2.75, 3.05) is 6.61 Å². The van der Waals surface area contributed by atoms with Crippen molar-refractivity contribution in [3.05, 3.63) is 65.2 Å². The van der Waals surface area contributed by atoms with Gasteiger partial charge in [-0.2, -0.15) is 5.10 Å². The van der Waals surface area contributed by atoms with E-state index in [9.17, 15) is 4.79 Å². The van der Waals surface area contributed by atoms with E-state index in [0.717, 1.165) is 17.7 Å². The van der Waals surface area contributed by atoms with E-state index in [0.29, 0.717) is 13.0 Å². The molecular weight excluding hydrogens is 340 g/mol. The first kappa shape index (κ1) is 19.1. The lowest BCUT2D eigenvalue weighted by Crippen LogP contribution is -2.41. The molecule has 1 aliphatic heterocycles. The third-order valence-electron chi connectivity index (χ3n) is 4.61. The number of para-hydroxylation sites is 1. The predicted octanol–water partition coefficient (Wildman–Crippen LogP) is 2.71. The molecular formula is C21H26N4O2. The maximum absolute atomic E-state index is 12.4. The number of hydrazine groups is 1. The minimum absolute atomic E-state index is 0.106. The van der Waals surface area contributed by atoms with E-state index < -0.39 is 0 Å². The van der Waals surface area contributed by atoms with Gasteiger partial charge in [0.15, 0.2) is 0 Å². The molecule has 2 atom stereocenters. The Morgan fingerprint density at radius 2 is 1.96 bits per heavy atom. The molecule has 2 aromatic rings. The molecule has 1 heterocycles. The van der Waals surface area contributed by atoms with Gasteiger partial charge in [-0.05, 0) is 43.0 Å². The molecule has 1 amide bonds. The van der Waals surface area contributed by atoms with Gasteiger partial charge in [0.2, 0.25) is 0 Å². The van der Waals surface area contributed by atoms with Crippen molar-refractivity contribution < 1.29 is 9.53 Å². The van der Waals surface area contributed by atoms with Crippen LogP contribution in [0.25, 0.3) is 0 Å². The molecule has 27 heavy (non-hydrogen) atoms. The van der Waals surface area contributed by atoms with E-state index in [1.54, 1.807) is 6.21 Å². The van der Waals surface area contributed by atoms with Crippen LogP contribution in [0.1, 0.15) is 43.0 Å². The highest BCUT2D eigenvalue weighted by Crippen LogP contribution is 2.22. The number of hydrogen-bond acceptors (Lipinski definition) is 5. The first-order chi connectivity index (χ1) is 13.2. The fourth-order valence-corrected chi connectivity index (χ4v) is 3.05. The molecule has 142 valence electrons. The van der Waals surface area contributed by atoms with Crippen LogP contribution in [0, 0.1) is 0 Å². The highest BCUT2D eigenvalue weighted by molar-refractivity contribution is 5.86. The average Bonchev–Trinajstić information content (AvgIpc) is 3.20. The molecule has 0 aliphatic carbocycles. The third-order valence-corrected chi connectivity index (χ3v) is 4.61. The van der Waals surface area contributed by atoms with Crippen LogP contribution in [0.4, 0.5) is 0 Å². The van der Waals surface area contributed by atoms with Gasteiger partial charge in [-0.15, -0.1) is 0 Å². The summed E-state index contributed by atoms with van der Waals surface area (Å²) < 4.78 is 5.55. The number of hydrogen-bond donors (Lipinski definition) is 3. The Labute approximate surface area is 160 Å². The van der Waals surface area contributed by atoms with E-state index in [1.807, 2.05) is 31.2 Å². The van der Waals surface area contributed by atoms with E-state index in [2.05, 4.69) is 52.6 Å². The molecule has 0 radical (unpaired) electrons. The molecule has 6 heteroatoms. The lowest BCUT2D eigenvalue weighted by molar-refractivity contribution is -0.122. The normalized spacial score (nSPS) is 19.3. The summed E-state index contributed by atoms with van der Waals surface area (Å²) in [6.45, 7) is 4.65. The quantitative estimate of drug-likeness (QED) is 0.520.